The maximum atomic E-state index is 12.7. The van der Waals surface area contributed by atoms with Crippen molar-refractivity contribution in [2.24, 2.45) is 5.92 Å². The molecule has 3 aliphatic rings. The van der Waals surface area contributed by atoms with E-state index in [2.05, 4.69) is 0 Å². The van der Waals surface area contributed by atoms with Crippen molar-refractivity contribution in [3.8, 4) is 0 Å². The van der Waals surface area contributed by atoms with Gasteiger partial charge in [-0.05, 0) is 19.3 Å². The summed E-state index contributed by atoms with van der Waals surface area (Å²) in [6.45, 7) is 4.78. The number of hydrogen-bond acceptors (Lipinski definition) is 4. The van der Waals surface area contributed by atoms with Crippen molar-refractivity contribution in [3.63, 3.8) is 0 Å². The van der Waals surface area contributed by atoms with Gasteiger partial charge in [0.2, 0.25) is 17.6 Å². The minimum absolute atomic E-state index is 0.0349. The number of carbonyl (C=O) groups is 2. The first-order valence-electron chi connectivity index (χ1n) is 8.42. The quantitative estimate of drug-likeness (QED) is 0.725. The third kappa shape index (κ3) is 3.27. The Labute approximate surface area is 131 Å². The summed E-state index contributed by atoms with van der Waals surface area (Å²) in [6, 6.07) is 0. The van der Waals surface area contributed by atoms with E-state index >= 15 is 0 Å². The third-order valence-corrected chi connectivity index (χ3v) is 4.99. The average Bonchev–Trinajstić information content (AvgIpc) is 2.97. The molecule has 3 rings (SSSR count). The summed E-state index contributed by atoms with van der Waals surface area (Å²) in [5.41, 5.74) is 0. The van der Waals surface area contributed by atoms with Crippen LogP contribution in [0.25, 0.3) is 0 Å². The van der Waals surface area contributed by atoms with Gasteiger partial charge < -0.3 is 19.3 Å². The van der Waals surface area contributed by atoms with Crippen LogP contribution in [0.15, 0.2) is 0 Å². The monoisotopic (exact) mass is 310 g/mol. The van der Waals surface area contributed by atoms with E-state index in [4.69, 9.17) is 9.47 Å². The Morgan fingerprint density at radius 1 is 0.955 bits per heavy atom. The fourth-order valence-corrected chi connectivity index (χ4v) is 3.76. The number of nitrogens with zero attached hydrogens (tertiary/aromatic N) is 2. The van der Waals surface area contributed by atoms with Gasteiger partial charge in [-0.2, -0.15) is 0 Å². The Balaban J connectivity index is 1.70. The summed E-state index contributed by atoms with van der Waals surface area (Å²) >= 11 is 0. The fourth-order valence-electron chi connectivity index (χ4n) is 3.76. The molecule has 6 heteroatoms. The molecule has 1 unspecified atom stereocenters. The highest BCUT2D eigenvalue weighted by atomic mass is 16.7. The minimum Gasteiger partial charge on any atom is -0.347 e. The van der Waals surface area contributed by atoms with Crippen molar-refractivity contribution in [2.45, 2.75) is 44.8 Å². The molecule has 2 aliphatic heterocycles. The second-order valence-corrected chi connectivity index (χ2v) is 6.64. The highest BCUT2D eigenvalue weighted by Crippen LogP contribution is 2.30. The Hall–Kier alpha value is -1.14. The van der Waals surface area contributed by atoms with Crippen LogP contribution >= 0.6 is 0 Å². The second kappa shape index (κ2) is 6.54. The Morgan fingerprint density at radius 3 is 2.36 bits per heavy atom. The van der Waals surface area contributed by atoms with Gasteiger partial charge in [0.1, 0.15) is 0 Å². The van der Waals surface area contributed by atoms with Gasteiger partial charge in [-0.25, -0.2) is 0 Å². The van der Waals surface area contributed by atoms with E-state index < -0.39 is 5.79 Å². The summed E-state index contributed by atoms with van der Waals surface area (Å²) in [4.78, 5) is 28.1. The topological polar surface area (TPSA) is 59.1 Å². The maximum absolute atomic E-state index is 12.7. The van der Waals surface area contributed by atoms with Crippen LogP contribution in [0.5, 0.6) is 0 Å². The molecule has 0 aromatic heterocycles. The van der Waals surface area contributed by atoms with Crippen LogP contribution in [-0.2, 0) is 19.1 Å². The summed E-state index contributed by atoms with van der Waals surface area (Å²) in [7, 11) is 0. The van der Waals surface area contributed by atoms with Crippen molar-refractivity contribution in [2.75, 3.05) is 39.4 Å². The number of amides is 2. The first kappa shape index (κ1) is 15.7. The maximum Gasteiger partial charge on any atom is 0.225 e. The molecule has 3 fully saturated rings. The van der Waals surface area contributed by atoms with Gasteiger partial charge in [0, 0.05) is 25.9 Å². The SMILES string of the molecule is CC(=O)N1CCCOC2(C1)CN(C(=O)C1CCCC1)CCO2. The predicted molar refractivity (Wildman–Crippen MR) is 80.0 cm³/mol. The van der Waals surface area contributed by atoms with Gasteiger partial charge in [-0.3, -0.25) is 9.59 Å². The number of morpholine rings is 1. The van der Waals surface area contributed by atoms with E-state index in [1.807, 2.05) is 4.90 Å². The molecule has 124 valence electrons. The normalized spacial score (nSPS) is 30.6. The predicted octanol–water partition coefficient (Wildman–Crippen LogP) is 1.00. The van der Waals surface area contributed by atoms with Gasteiger partial charge in [0.25, 0.3) is 0 Å². The molecule has 1 aliphatic carbocycles. The second-order valence-electron chi connectivity index (χ2n) is 6.64. The molecule has 0 aromatic rings. The van der Waals surface area contributed by atoms with E-state index in [9.17, 15) is 9.59 Å². The van der Waals surface area contributed by atoms with Gasteiger partial charge in [-0.15, -0.1) is 0 Å². The lowest BCUT2D eigenvalue weighted by Gasteiger charge is -2.43. The van der Waals surface area contributed by atoms with Crippen LogP contribution in [0.2, 0.25) is 0 Å². The smallest absolute Gasteiger partial charge is 0.225 e. The molecular weight excluding hydrogens is 284 g/mol. The molecule has 1 saturated carbocycles. The first-order valence-corrected chi connectivity index (χ1v) is 8.42. The number of rotatable bonds is 1. The van der Waals surface area contributed by atoms with Crippen LogP contribution in [0.4, 0.5) is 0 Å². The number of hydrogen-bond donors (Lipinski definition) is 0. The summed E-state index contributed by atoms with van der Waals surface area (Å²) in [5.74, 6) is -0.394. The van der Waals surface area contributed by atoms with Crippen LogP contribution in [0, 0.1) is 5.92 Å². The van der Waals surface area contributed by atoms with Crippen LogP contribution in [0.1, 0.15) is 39.0 Å². The van der Waals surface area contributed by atoms with Gasteiger partial charge in [0.15, 0.2) is 0 Å². The molecular formula is C16H26N2O4. The Morgan fingerprint density at radius 2 is 1.64 bits per heavy atom. The van der Waals surface area contributed by atoms with Gasteiger partial charge in [0.05, 0.1) is 26.3 Å². The lowest BCUT2D eigenvalue weighted by molar-refractivity contribution is -0.264. The average molecular weight is 310 g/mol. The van der Waals surface area contributed by atoms with Crippen LogP contribution in [-0.4, -0.2) is 66.8 Å². The molecule has 2 amide bonds. The molecule has 2 saturated heterocycles. The molecule has 1 spiro atoms. The minimum atomic E-state index is -0.839. The Kier molecular flexibility index (Phi) is 4.68. The van der Waals surface area contributed by atoms with Crippen molar-refractivity contribution >= 4 is 11.8 Å². The standard InChI is InChI=1S/C16H26N2O4/c1-13(19)17-7-4-9-21-16(11-17)12-18(8-10-22-16)15(20)14-5-2-3-6-14/h14H,2-12H2,1H3. The molecule has 2 heterocycles. The number of carbonyl (C=O) groups excluding carboxylic acids is 2. The lowest BCUT2D eigenvalue weighted by Crippen LogP contribution is -2.60. The molecule has 0 radical (unpaired) electrons. The van der Waals surface area contributed by atoms with E-state index in [1.165, 1.54) is 0 Å². The molecule has 0 aromatic carbocycles. The van der Waals surface area contributed by atoms with E-state index in [0.717, 1.165) is 32.1 Å². The van der Waals surface area contributed by atoms with E-state index in [0.29, 0.717) is 39.4 Å². The summed E-state index contributed by atoms with van der Waals surface area (Å²) in [5, 5.41) is 0. The van der Waals surface area contributed by atoms with Crippen molar-refractivity contribution in [3.05, 3.63) is 0 Å². The molecule has 0 N–H and O–H groups in total. The van der Waals surface area contributed by atoms with Crippen molar-refractivity contribution in [1.29, 1.82) is 0 Å². The zero-order chi connectivity index (χ0) is 15.6. The van der Waals surface area contributed by atoms with Crippen molar-refractivity contribution in [1.82, 2.24) is 9.80 Å². The lowest BCUT2D eigenvalue weighted by atomic mass is 10.1. The molecule has 1 atom stereocenters. The summed E-state index contributed by atoms with van der Waals surface area (Å²) in [6.07, 6.45) is 5.12. The first-order chi connectivity index (χ1) is 10.6. The molecule has 22 heavy (non-hydrogen) atoms. The molecule has 0 bridgehead atoms. The highest BCUT2D eigenvalue weighted by Gasteiger charge is 2.43. The van der Waals surface area contributed by atoms with Crippen LogP contribution in [0.3, 0.4) is 0 Å². The fraction of sp³-hybridized carbons (Fsp3) is 0.875. The van der Waals surface area contributed by atoms with Crippen molar-refractivity contribution < 1.29 is 19.1 Å². The zero-order valence-electron chi connectivity index (χ0n) is 13.4. The molecule has 6 nitrogen and oxygen atoms in total. The largest absolute Gasteiger partial charge is 0.347 e. The summed E-state index contributed by atoms with van der Waals surface area (Å²) < 4.78 is 11.8. The number of ether oxygens (including phenoxy) is 2. The zero-order valence-corrected chi connectivity index (χ0v) is 13.4. The Bertz CT molecular complexity index is 436. The van der Waals surface area contributed by atoms with Gasteiger partial charge in [-0.1, -0.05) is 12.8 Å². The highest BCUT2D eigenvalue weighted by molar-refractivity contribution is 5.79. The van der Waals surface area contributed by atoms with E-state index in [1.54, 1.807) is 11.8 Å². The third-order valence-electron chi connectivity index (χ3n) is 4.99. The van der Waals surface area contributed by atoms with Gasteiger partial charge >= 0.3 is 0 Å². The van der Waals surface area contributed by atoms with E-state index in [-0.39, 0.29) is 17.7 Å². The van der Waals surface area contributed by atoms with Crippen LogP contribution < -0.4 is 0 Å².